The number of hydrogen-bond acceptors (Lipinski definition) is 4. The normalized spacial score (nSPS) is 18.0. The molecule has 0 saturated carbocycles. The van der Waals surface area contributed by atoms with Gasteiger partial charge in [0.1, 0.15) is 4.21 Å². The Kier molecular flexibility index (Phi) is 5.17. The van der Waals surface area contributed by atoms with Gasteiger partial charge in [-0.15, -0.1) is 11.3 Å². The largest absolute Gasteiger partial charge is 0.303 e. The fourth-order valence-electron chi connectivity index (χ4n) is 2.18. The average molecular weight is 288 g/mol. The Morgan fingerprint density at radius 1 is 1.28 bits per heavy atom. The molecule has 0 atom stereocenters. The molecular formula is C12H20N2O2S2. The Balaban J connectivity index is 1.69. The van der Waals surface area contributed by atoms with Crippen LogP contribution in [0, 0.1) is 0 Å². The topological polar surface area (TPSA) is 49.4 Å². The number of nitrogens with one attached hydrogen (secondary N) is 1. The van der Waals surface area contributed by atoms with E-state index in [-0.39, 0.29) is 0 Å². The van der Waals surface area contributed by atoms with Crippen LogP contribution in [-0.4, -0.2) is 39.5 Å². The number of nitrogens with zero attached hydrogens (tertiary/aromatic N) is 1. The van der Waals surface area contributed by atoms with Crippen molar-refractivity contribution >= 4 is 21.4 Å². The second kappa shape index (κ2) is 6.65. The van der Waals surface area contributed by atoms with Gasteiger partial charge in [0.25, 0.3) is 0 Å². The van der Waals surface area contributed by atoms with Crippen molar-refractivity contribution in [2.24, 2.45) is 0 Å². The second-order valence-electron chi connectivity index (χ2n) is 4.59. The van der Waals surface area contributed by atoms with Crippen LogP contribution >= 0.6 is 11.3 Å². The number of hydrogen-bond donors (Lipinski definition) is 1. The van der Waals surface area contributed by atoms with Crippen LogP contribution in [-0.2, 0) is 10.0 Å². The molecule has 1 N–H and O–H groups in total. The average Bonchev–Trinajstić information content (AvgIpc) is 2.91. The number of likely N-dealkylation sites (tertiary alicyclic amines) is 1. The van der Waals surface area contributed by atoms with Crippen molar-refractivity contribution < 1.29 is 8.42 Å². The first-order chi connectivity index (χ1) is 8.68. The van der Waals surface area contributed by atoms with E-state index in [1.165, 1.54) is 30.6 Å². The van der Waals surface area contributed by atoms with Crippen LogP contribution in [0.25, 0.3) is 0 Å². The molecule has 1 aliphatic rings. The van der Waals surface area contributed by atoms with Crippen molar-refractivity contribution in [2.45, 2.75) is 29.9 Å². The third-order valence-corrected chi connectivity index (χ3v) is 6.01. The van der Waals surface area contributed by atoms with Gasteiger partial charge in [0.05, 0.1) is 0 Å². The van der Waals surface area contributed by atoms with E-state index in [0.717, 1.165) is 26.1 Å². The summed E-state index contributed by atoms with van der Waals surface area (Å²) in [6.45, 7) is 3.85. The number of sulfonamides is 1. The minimum Gasteiger partial charge on any atom is -0.303 e. The summed E-state index contributed by atoms with van der Waals surface area (Å²) in [7, 11) is -3.27. The van der Waals surface area contributed by atoms with E-state index < -0.39 is 10.0 Å². The molecule has 1 saturated heterocycles. The molecular weight excluding hydrogens is 268 g/mol. The zero-order chi connectivity index (χ0) is 12.8. The molecule has 0 unspecified atom stereocenters. The maximum atomic E-state index is 11.8. The molecule has 0 bridgehead atoms. The van der Waals surface area contributed by atoms with Crippen LogP contribution < -0.4 is 4.72 Å². The van der Waals surface area contributed by atoms with Crippen molar-refractivity contribution in [3.8, 4) is 0 Å². The van der Waals surface area contributed by atoms with E-state index in [0.29, 0.717) is 10.8 Å². The highest BCUT2D eigenvalue weighted by molar-refractivity contribution is 7.91. The first-order valence-electron chi connectivity index (χ1n) is 6.44. The van der Waals surface area contributed by atoms with Crippen molar-refractivity contribution in [1.29, 1.82) is 0 Å². The molecule has 2 rings (SSSR count). The highest BCUT2D eigenvalue weighted by atomic mass is 32.2. The summed E-state index contributed by atoms with van der Waals surface area (Å²) in [6, 6.07) is 3.39. The highest BCUT2D eigenvalue weighted by Gasteiger charge is 2.14. The van der Waals surface area contributed by atoms with Gasteiger partial charge >= 0.3 is 0 Å². The van der Waals surface area contributed by atoms with Crippen LogP contribution in [0.4, 0.5) is 0 Å². The molecule has 6 heteroatoms. The summed E-state index contributed by atoms with van der Waals surface area (Å²) in [5.74, 6) is 0. The van der Waals surface area contributed by atoms with E-state index in [1.807, 2.05) is 0 Å². The van der Waals surface area contributed by atoms with Crippen molar-refractivity contribution in [3.63, 3.8) is 0 Å². The zero-order valence-corrected chi connectivity index (χ0v) is 12.1. The lowest BCUT2D eigenvalue weighted by Crippen LogP contribution is -2.33. The molecule has 1 aromatic rings. The molecule has 102 valence electrons. The molecule has 0 aliphatic carbocycles. The summed E-state index contributed by atoms with van der Waals surface area (Å²) < 4.78 is 26.7. The Labute approximate surface area is 113 Å². The van der Waals surface area contributed by atoms with Gasteiger partial charge in [0, 0.05) is 6.54 Å². The second-order valence-corrected chi connectivity index (χ2v) is 7.53. The molecule has 2 heterocycles. The van der Waals surface area contributed by atoms with Gasteiger partial charge in [-0.25, -0.2) is 13.1 Å². The van der Waals surface area contributed by atoms with Crippen LogP contribution in [0.1, 0.15) is 25.7 Å². The van der Waals surface area contributed by atoms with E-state index in [9.17, 15) is 8.42 Å². The summed E-state index contributed by atoms with van der Waals surface area (Å²) in [4.78, 5) is 2.42. The van der Waals surface area contributed by atoms with Gasteiger partial charge in [-0.05, 0) is 50.3 Å². The lowest BCUT2D eigenvalue weighted by Gasteiger charge is -2.26. The molecule has 0 aromatic carbocycles. The third-order valence-electron chi connectivity index (χ3n) is 3.15. The number of rotatable bonds is 6. The van der Waals surface area contributed by atoms with E-state index in [2.05, 4.69) is 9.62 Å². The maximum Gasteiger partial charge on any atom is 0.250 e. The van der Waals surface area contributed by atoms with Gasteiger partial charge in [-0.3, -0.25) is 0 Å². The van der Waals surface area contributed by atoms with E-state index >= 15 is 0 Å². The maximum absolute atomic E-state index is 11.8. The minimum atomic E-state index is -3.27. The summed E-state index contributed by atoms with van der Waals surface area (Å²) in [5.41, 5.74) is 0. The zero-order valence-electron chi connectivity index (χ0n) is 10.5. The predicted octanol–water partition coefficient (Wildman–Crippen LogP) is 1.90. The Morgan fingerprint density at radius 2 is 2.06 bits per heavy atom. The van der Waals surface area contributed by atoms with Crippen molar-refractivity contribution in [1.82, 2.24) is 9.62 Å². The van der Waals surface area contributed by atoms with Crippen LogP contribution in [0.5, 0.6) is 0 Å². The van der Waals surface area contributed by atoms with Crippen LogP contribution in [0.3, 0.4) is 0 Å². The summed E-state index contributed by atoms with van der Waals surface area (Å²) >= 11 is 1.26. The van der Waals surface area contributed by atoms with Gasteiger partial charge in [-0.1, -0.05) is 12.5 Å². The quantitative estimate of drug-likeness (QED) is 0.813. The summed E-state index contributed by atoms with van der Waals surface area (Å²) in [5, 5.41) is 1.78. The van der Waals surface area contributed by atoms with Gasteiger partial charge in [-0.2, -0.15) is 0 Å². The molecule has 4 nitrogen and oxygen atoms in total. The first-order valence-corrected chi connectivity index (χ1v) is 8.80. The van der Waals surface area contributed by atoms with E-state index in [4.69, 9.17) is 0 Å². The minimum absolute atomic E-state index is 0.403. The highest BCUT2D eigenvalue weighted by Crippen LogP contribution is 2.15. The fourth-order valence-corrected chi connectivity index (χ4v) is 4.29. The van der Waals surface area contributed by atoms with Crippen molar-refractivity contribution in [3.05, 3.63) is 17.5 Å². The Hall–Kier alpha value is -0.430. The standard InChI is InChI=1S/C12H20N2O2S2/c15-18(16,12-6-4-11-17-12)13-7-5-10-14-8-2-1-3-9-14/h4,6,11,13H,1-3,5,7-10H2. The lowest BCUT2D eigenvalue weighted by molar-refractivity contribution is 0.227. The molecule has 0 radical (unpaired) electrons. The molecule has 18 heavy (non-hydrogen) atoms. The molecule has 1 aliphatic heterocycles. The van der Waals surface area contributed by atoms with Gasteiger partial charge in [0.15, 0.2) is 0 Å². The van der Waals surface area contributed by atoms with Crippen molar-refractivity contribution in [2.75, 3.05) is 26.2 Å². The predicted molar refractivity (Wildman–Crippen MR) is 74.4 cm³/mol. The lowest BCUT2D eigenvalue weighted by atomic mass is 10.1. The first kappa shape index (κ1) is 14.0. The van der Waals surface area contributed by atoms with Gasteiger partial charge in [0.2, 0.25) is 10.0 Å². The van der Waals surface area contributed by atoms with Crippen LogP contribution in [0.15, 0.2) is 21.7 Å². The molecule has 0 amide bonds. The third kappa shape index (κ3) is 4.05. The monoisotopic (exact) mass is 288 g/mol. The Bertz CT molecular complexity index is 437. The van der Waals surface area contributed by atoms with Crippen LogP contribution in [0.2, 0.25) is 0 Å². The number of thiophene rings is 1. The van der Waals surface area contributed by atoms with Gasteiger partial charge < -0.3 is 4.90 Å². The Morgan fingerprint density at radius 3 is 2.72 bits per heavy atom. The van der Waals surface area contributed by atoms with E-state index in [1.54, 1.807) is 17.5 Å². The molecule has 0 spiro atoms. The fraction of sp³-hybridized carbons (Fsp3) is 0.667. The smallest absolute Gasteiger partial charge is 0.250 e. The number of piperidine rings is 1. The molecule has 1 fully saturated rings. The SMILES string of the molecule is O=S(=O)(NCCCN1CCCCC1)c1cccs1. The molecule has 1 aromatic heterocycles. The summed E-state index contributed by atoms with van der Waals surface area (Å²) in [6.07, 6.45) is 4.77.